The first-order valence-corrected chi connectivity index (χ1v) is 6.27. The van der Waals surface area contributed by atoms with Crippen LogP contribution in [0.25, 0.3) is 0 Å². The number of carbonyl (C=O) groups excluding carboxylic acids is 1. The van der Waals surface area contributed by atoms with Crippen molar-refractivity contribution in [3.8, 4) is 0 Å². The molecule has 2 N–H and O–H groups in total. The lowest BCUT2D eigenvalue weighted by Crippen LogP contribution is -2.55. The van der Waals surface area contributed by atoms with Crippen molar-refractivity contribution in [2.24, 2.45) is 5.92 Å². The van der Waals surface area contributed by atoms with Gasteiger partial charge in [-0.1, -0.05) is 0 Å². The van der Waals surface area contributed by atoms with Gasteiger partial charge in [0.05, 0.1) is 12.7 Å². The number of nitrogens with one attached hydrogen (secondary N) is 1. The van der Waals surface area contributed by atoms with E-state index in [1.807, 2.05) is 17.7 Å². The topological polar surface area (TPSA) is 87.5 Å². The molecule has 0 bridgehead atoms. The number of carboxylic acids is 1. The zero-order valence-electron chi connectivity index (χ0n) is 10.8. The number of urea groups is 1. The maximum Gasteiger partial charge on any atom is 0.317 e. The second-order valence-electron chi connectivity index (χ2n) is 4.98. The van der Waals surface area contributed by atoms with Gasteiger partial charge in [-0.05, 0) is 6.92 Å². The van der Waals surface area contributed by atoms with Crippen molar-refractivity contribution in [1.82, 2.24) is 19.8 Å². The molecule has 1 aliphatic heterocycles. The van der Waals surface area contributed by atoms with Crippen LogP contribution >= 0.6 is 0 Å². The van der Waals surface area contributed by atoms with E-state index in [0.29, 0.717) is 19.6 Å². The van der Waals surface area contributed by atoms with Gasteiger partial charge in [0.1, 0.15) is 0 Å². The van der Waals surface area contributed by atoms with Crippen LogP contribution in [0.5, 0.6) is 0 Å². The minimum absolute atomic E-state index is 0.000207. The number of aliphatic carboxylic acids is 1. The molecule has 0 spiro atoms. The summed E-state index contributed by atoms with van der Waals surface area (Å²) in [6, 6.07) is -0.130. The molecular weight excluding hydrogens is 248 g/mol. The predicted octanol–water partition coefficient (Wildman–Crippen LogP) is 0.388. The molecule has 2 amide bonds. The lowest BCUT2D eigenvalue weighted by atomic mass is 9.97. The number of nitrogens with zero attached hydrogens (tertiary/aromatic N) is 3. The van der Waals surface area contributed by atoms with Gasteiger partial charge in [0.15, 0.2) is 0 Å². The Morgan fingerprint density at radius 2 is 2.26 bits per heavy atom. The maximum atomic E-state index is 11.8. The Balaban J connectivity index is 1.69. The van der Waals surface area contributed by atoms with Gasteiger partial charge in [0, 0.05) is 44.0 Å². The van der Waals surface area contributed by atoms with E-state index in [4.69, 9.17) is 5.11 Å². The number of amides is 2. The van der Waals surface area contributed by atoms with Crippen molar-refractivity contribution in [1.29, 1.82) is 0 Å². The Kier molecular flexibility index (Phi) is 4.03. The summed E-state index contributed by atoms with van der Waals surface area (Å²) in [5.74, 6) is -0.717. The van der Waals surface area contributed by atoms with Crippen molar-refractivity contribution >= 4 is 12.0 Å². The second kappa shape index (κ2) is 5.73. The maximum absolute atomic E-state index is 11.8. The van der Waals surface area contributed by atoms with Crippen molar-refractivity contribution in [2.75, 3.05) is 13.1 Å². The number of likely N-dealkylation sites (tertiary alicyclic amines) is 1. The third kappa shape index (κ3) is 3.70. The van der Waals surface area contributed by atoms with Crippen LogP contribution in [0.15, 0.2) is 18.7 Å². The third-order valence-electron chi connectivity index (χ3n) is 3.12. The number of aromatic nitrogens is 2. The average molecular weight is 266 g/mol. The molecule has 7 heteroatoms. The van der Waals surface area contributed by atoms with Gasteiger partial charge in [-0.15, -0.1) is 0 Å². The Labute approximate surface area is 111 Å². The van der Waals surface area contributed by atoms with Crippen LogP contribution in [-0.2, 0) is 11.3 Å². The average Bonchev–Trinajstić information content (AvgIpc) is 2.74. The Hall–Kier alpha value is -2.05. The standard InChI is InChI=1S/C12H18N4O3/c1-9(5-15-3-2-13-8-15)14-12(19)16-6-10(7-16)4-11(17)18/h2-3,8-10H,4-7H2,1H3,(H,14,19)(H,17,18). The van der Waals surface area contributed by atoms with Crippen LogP contribution in [0, 0.1) is 5.92 Å². The van der Waals surface area contributed by atoms with Gasteiger partial charge in [-0.2, -0.15) is 0 Å². The van der Waals surface area contributed by atoms with Gasteiger partial charge < -0.3 is 19.9 Å². The number of hydrogen-bond donors (Lipinski definition) is 2. The number of carboxylic acid groups (broad SMARTS) is 1. The fourth-order valence-electron chi connectivity index (χ4n) is 2.17. The van der Waals surface area contributed by atoms with Gasteiger partial charge in [-0.3, -0.25) is 4.79 Å². The van der Waals surface area contributed by atoms with Gasteiger partial charge in [-0.25, -0.2) is 9.78 Å². The monoisotopic (exact) mass is 266 g/mol. The number of rotatable bonds is 5. The van der Waals surface area contributed by atoms with E-state index in [1.165, 1.54) is 0 Å². The molecule has 0 aliphatic carbocycles. The van der Waals surface area contributed by atoms with Crippen LogP contribution in [0.3, 0.4) is 0 Å². The molecule has 2 heterocycles. The van der Waals surface area contributed by atoms with E-state index in [0.717, 1.165) is 0 Å². The van der Waals surface area contributed by atoms with E-state index in [9.17, 15) is 9.59 Å². The number of carbonyl (C=O) groups is 2. The molecule has 0 saturated carbocycles. The first-order valence-electron chi connectivity index (χ1n) is 6.27. The van der Waals surface area contributed by atoms with Crippen molar-refractivity contribution in [2.45, 2.75) is 25.9 Å². The molecule has 104 valence electrons. The zero-order chi connectivity index (χ0) is 13.8. The predicted molar refractivity (Wildman–Crippen MR) is 67.5 cm³/mol. The normalized spacial score (nSPS) is 16.8. The highest BCUT2D eigenvalue weighted by molar-refractivity contribution is 5.76. The molecule has 1 aromatic rings. The van der Waals surface area contributed by atoms with E-state index in [1.54, 1.807) is 17.4 Å². The number of hydrogen-bond acceptors (Lipinski definition) is 3. The molecule has 2 rings (SSSR count). The van der Waals surface area contributed by atoms with Crippen LogP contribution in [0.2, 0.25) is 0 Å². The summed E-state index contributed by atoms with van der Waals surface area (Å²) >= 11 is 0. The summed E-state index contributed by atoms with van der Waals surface area (Å²) in [7, 11) is 0. The summed E-state index contributed by atoms with van der Waals surface area (Å²) in [5.41, 5.74) is 0. The Morgan fingerprint density at radius 3 is 2.84 bits per heavy atom. The summed E-state index contributed by atoms with van der Waals surface area (Å²) in [5, 5.41) is 11.5. The molecule has 1 atom stereocenters. The van der Waals surface area contributed by atoms with E-state index < -0.39 is 5.97 Å². The zero-order valence-corrected chi connectivity index (χ0v) is 10.8. The van der Waals surface area contributed by atoms with Crippen LogP contribution in [0.1, 0.15) is 13.3 Å². The summed E-state index contributed by atoms with van der Waals surface area (Å²) in [4.78, 5) is 27.9. The SMILES string of the molecule is CC(Cn1ccnc1)NC(=O)N1CC(CC(=O)O)C1. The highest BCUT2D eigenvalue weighted by Crippen LogP contribution is 2.18. The van der Waals surface area contributed by atoms with E-state index >= 15 is 0 Å². The highest BCUT2D eigenvalue weighted by Gasteiger charge is 2.32. The molecule has 1 aliphatic rings. The van der Waals surface area contributed by atoms with Crippen LogP contribution < -0.4 is 5.32 Å². The Bertz CT molecular complexity index is 440. The summed E-state index contributed by atoms with van der Waals surface area (Å²) in [6.07, 6.45) is 5.37. The molecule has 1 unspecified atom stereocenters. The fourth-order valence-corrected chi connectivity index (χ4v) is 2.17. The molecule has 1 aromatic heterocycles. The first-order chi connectivity index (χ1) is 9.04. The van der Waals surface area contributed by atoms with E-state index in [2.05, 4.69) is 10.3 Å². The van der Waals surface area contributed by atoms with Crippen molar-refractivity contribution in [3.63, 3.8) is 0 Å². The minimum atomic E-state index is -0.807. The van der Waals surface area contributed by atoms with Crippen LogP contribution in [0.4, 0.5) is 4.79 Å². The van der Waals surface area contributed by atoms with Gasteiger partial charge in [0.2, 0.25) is 0 Å². The molecular formula is C12H18N4O3. The minimum Gasteiger partial charge on any atom is -0.481 e. The summed E-state index contributed by atoms with van der Waals surface area (Å²) in [6.45, 7) is 3.64. The second-order valence-corrected chi connectivity index (χ2v) is 4.98. The van der Waals surface area contributed by atoms with Gasteiger partial charge in [0.25, 0.3) is 0 Å². The molecule has 0 radical (unpaired) electrons. The largest absolute Gasteiger partial charge is 0.481 e. The first kappa shape index (κ1) is 13.4. The van der Waals surface area contributed by atoms with E-state index in [-0.39, 0.29) is 24.4 Å². The van der Waals surface area contributed by atoms with Crippen LogP contribution in [-0.4, -0.2) is 50.7 Å². The van der Waals surface area contributed by atoms with Crippen molar-refractivity contribution in [3.05, 3.63) is 18.7 Å². The fraction of sp³-hybridized carbons (Fsp3) is 0.583. The third-order valence-corrected chi connectivity index (χ3v) is 3.12. The lowest BCUT2D eigenvalue weighted by molar-refractivity contribution is -0.139. The summed E-state index contributed by atoms with van der Waals surface area (Å²) < 4.78 is 1.90. The lowest BCUT2D eigenvalue weighted by Gasteiger charge is -2.39. The Morgan fingerprint density at radius 1 is 1.53 bits per heavy atom. The molecule has 7 nitrogen and oxygen atoms in total. The number of imidazole rings is 1. The molecule has 19 heavy (non-hydrogen) atoms. The molecule has 1 fully saturated rings. The molecule has 0 aromatic carbocycles. The smallest absolute Gasteiger partial charge is 0.317 e. The van der Waals surface area contributed by atoms with Gasteiger partial charge >= 0.3 is 12.0 Å². The molecule has 1 saturated heterocycles. The van der Waals surface area contributed by atoms with Crippen molar-refractivity contribution < 1.29 is 14.7 Å². The highest BCUT2D eigenvalue weighted by atomic mass is 16.4. The quantitative estimate of drug-likeness (QED) is 0.807.